The smallest absolute Gasteiger partial charge is 0.242 e. The Morgan fingerprint density at radius 1 is 1.08 bits per heavy atom. The third kappa shape index (κ3) is 4.73. The molecule has 0 saturated heterocycles. The van der Waals surface area contributed by atoms with Gasteiger partial charge in [-0.15, -0.1) is 0 Å². The van der Waals surface area contributed by atoms with Gasteiger partial charge in [0.25, 0.3) is 0 Å². The first-order valence-corrected chi connectivity index (χ1v) is 9.77. The maximum Gasteiger partial charge on any atom is 0.242 e. The lowest BCUT2D eigenvalue weighted by molar-refractivity contribution is -0.121. The Hall–Kier alpha value is -2.14. The van der Waals surface area contributed by atoms with E-state index in [1.165, 1.54) is 18.2 Å². The molecule has 3 atom stereocenters. The molecule has 0 bridgehead atoms. The summed E-state index contributed by atoms with van der Waals surface area (Å²) in [6, 6.07) is 14.6. The molecule has 0 spiro atoms. The number of carbonyl (C=O) groups is 1. The Bertz CT molecular complexity index is 792. The number of hydrogen-bond acceptors (Lipinski definition) is 2. The summed E-state index contributed by atoms with van der Waals surface area (Å²) in [6.45, 7) is 4.56. The van der Waals surface area contributed by atoms with Crippen LogP contribution in [0.2, 0.25) is 0 Å². The summed E-state index contributed by atoms with van der Waals surface area (Å²) in [5.41, 5.74) is 6.53. The zero-order valence-electron chi connectivity index (χ0n) is 15.4. The topological polar surface area (TPSA) is 53.2 Å². The molecule has 1 fully saturated rings. The van der Waals surface area contributed by atoms with Crippen molar-refractivity contribution in [2.45, 2.75) is 45.6 Å². The van der Waals surface area contributed by atoms with Crippen LogP contribution in [0.4, 0.5) is 0 Å². The highest BCUT2D eigenvalue weighted by atomic mass is 32.1. The van der Waals surface area contributed by atoms with E-state index < -0.39 is 0 Å². The summed E-state index contributed by atoms with van der Waals surface area (Å²) in [5.74, 6) is 1.18. The monoisotopic (exact) mass is 369 g/mol. The van der Waals surface area contributed by atoms with Crippen LogP contribution in [0, 0.1) is 11.8 Å². The number of fused-ring (bicyclic) bond motifs is 1. The number of benzene rings is 2. The molecule has 1 amide bonds. The molecule has 0 radical (unpaired) electrons. The van der Waals surface area contributed by atoms with Gasteiger partial charge in [-0.3, -0.25) is 15.6 Å². The summed E-state index contributed by atoms with van der Waals surface area (Å²) in [6.07, 6.45) is 3.94. The van der Waals surface area contributed by atoms with Gasteiger partial charge in [-0.05, 0) is 46.8 Å². The number of hydrazine groups is 1. The Balaban J connectivity index is 1.47. The van der Waals surface area contributed by atoms with Gasteiger partial charge in [0.05, 0.1) is 6.42 Å². The molecule has 5 heteroatoms. The SMILES string of the molecule is C[C@@H]1[C@@H](C)CCC[C@H]1NC(=S)NNC(=O)Cc1ccc2ccccc2c1. The minimum absolute atomic E-state index is 0.102. The van der Waals surface area contributed by atoms with Crippen LogP contribution in [-0.4, -0.2) is 17.1 Å². The zero-order valence-corrected chi connectivity index (χ0v) is 16.2. The Kier molecular flexibility index (Phi) is 6.09. The quantitative estimate of drug-likeness (QED) is 0.570. The van der Waals surface area contributed by atoms with Crippen LogP contribution in [0.15, 0.2) is 42.5 Å². The number of carbonyl (C=O) groups excluding carboxylic acids is 1. The second-order valence-electron chi connectivity index (χ2n) is 7.38. The lowest BCUT2D eigenvalue weighted by atomic mass is 9.78. The molecular formula is C21H27N3OS. The van der Waals surface area contributed by atoms with Crippen molar-refractivity contribution in [2.24, 2.45) is 11.8 Å². The summed E-state index contributed by atoms with van der Waals surface area (Å²) >= 11 is 5.34. The van der Waals surface area contributed by atoms with Crippen LogP contribution >= 0.6 is 12.2 Å². The van der Waals surface area contributed by atoms with Crippen LogP contribution in [0.25, 0.3) is 10.8 Å². The molecule has 0 aliphatic heterocycles. The first-order chi connectivity index (χ1) is 12.5. The summed E-state index contributed by atoms with van der Waals surface area (Å²) in [5, 5.41) is 6.16. The predicted molar refractivity (Wildman–Crippen MR) is 111 cm³/mol. The van der Waals surface area contributed by atoms with Gasteiger partial charge < -0.3 is 5.32 Å². The molecule has 26 heavy (non-hydrogen) atoms. The fraction of sp³-hybridized carbons (Fsp3) is 0.429. The van der Waals surface area contributed by atoms with Crippen molar-refractivity contribution in [3.8, 4) is 0 Å². The van der Waals surface area contributed by atoms with E-state index in [0.717, 1.165) is 17.4 Å². The second kappa shape index (κ2) is 8.49. The molecule has 1 aliphatic rings. The minimum Gasteiger partial charge on any atom is -0.358 e. The Labute approximate surface area is 160 Å². The number of rotatable bonds is 3. The van der Waals surface area contributed by atoms with E-state index in [1.54, 1.807) is 0 Å². The van der Waals surface area contributed by atoms with Gasteiger partial charge in [-0.1, -0.05) is 69.2 Å². The van der Waals surface area contributed by atoms with Crippen molar-refractivity contribution < 1.29 is 4.79 Å². The number of hydrogen-bond donors (Lipinski definition) is 3. The molecule has 1 aliphatic carbocycles. The normalized spacial score (nSPS) is 22.6. The maximum atomic E-state index is 12.2. The van der Waals surface area contributed by atoms with Crippen molar-refractivity contribution in [2.75, 3.05) is 0 Å². The van der Waals surface area contributed by atoms with Gasteiger partial charge in [0.2, 0.25) is 5.91 Å². The lowest BCUT2D eigenvalue weighted by Gasteiger charge is -2.35. The van der Waals surface area contributed by atoms with Crippen LogP contribution in [0.1, 0.15) is 38.7 Å². The zero-order chi connectivity index (χ0) is 18.5. The predicted octanol–water partition coefficient (Wildman–Crippen LogP) is 3.70. The summed E-state index contributed by atoms with van der Waals surface area (Å²) in [4.78, 5) is 12.2. The molecule has 0 aromatic heterocycles. The molecule has 4 nitrogen and oxygen atoms in total. The Morgan fingerprint density at radius 3 is 2.65 bits per heavy atom. The van der Waals surface area contributed by atoms with Crippen molar-refractivity contribution in [3.63, 3.8) is 0 Å². The van der Waals surface area contributed by atoms with E-state index in [9.17, 15) is 4.79 Å². The molecule has 0 heterocycles. The fourth-order valence-corrected chi connectivity index (χ4v) is 3.90. The average molecular weight is 370 g/mol. The molecule has 2 aromatic rings. The molecular weight excluding hydrogens is 342 g/mol. The first kappa shape index (κ1) is 18.6. The highest BCUT2D eigenvalue weighted by Gasteiger charge is 2.27. The molecule has 138 valence electrons. The summed E-state index contributed by atoms with van der Waals surface area (Å²) in [7, 11) is 0. The molecule has 3 rings (SSSR count). The maximum absolute atomic E-state index is 12.2. The fourth-order valence-electron chi connectivity index (χ4n) is 3.69. The third-order valence-electron chi connectivity index (χ3n) is 5.52. The minimum atomic E-state index is -0.102. The van der Waals surface area contributed by atoms with E-state index >= 15 is 0 Å². The van der Waals surface area contributed by atoms with Crippen molar-refractivity contribution >= 4 is 34.0 Å². The van der Waals surface area contributed by atoms with Crippen LogP contribution < -0.4 is 16.2 Å². The van der Waals surface area contributed by atoms with Gasteiger partial charge in [0, 0.05) is 6.04 Å². The molecule has 3 N–H and O–H groups in total. The van der Waals surface area contributed by atoms with Crippen molar-refractivity contribution in [3.05, 3.63) is 48.0 Å². The molecule has 1 saturated carbocycles. The van der Waals surface area contributed by atoms with Crippen LogP contribution in [0.3, 0.4) is 0 Å². The average Bonchev–Trinajstić information content (AvgIpc) is 2.64. The highest BCUT2D eigenvalue weighted by Crippen LogP contribution is 2.29. The van der Waals surface area contributed by atoms with Crippen LogP contribution in [0.5, 0.6) is 0 Å². The third-order valence-corrected chi connectivity index (χ3v) is 5.74. The largest absolute Gasteiger partial charge is 0.358 e. The molecule has 0 unspecified atom stereocenters. The Morgan fingerprint density at radius 2 is 1.85 bits per heavy atom. The lowest BCUT2D eigenvalue weighted by Crippen LogP contribution is -2.52. The first-order valence-electron chi connectivity index (χ1n) is 9.36. The van der Waals surface area contributed by atoms with Gasteiger partial charge in [0.1, 0.15) is 0 Å². The van der Waals surface area contributed by atoms with E-state index in [-0.39, 0.29) is 5.91 Å². The van der Waals surface area contributed by atoms with E-state index in [0.29, 0.717) is 29.4 Å². The number of thiocarbonyl (C=S) groups is 1. The van der Waals surface area contributed by atoms with E-state index in [2.05, 4.69) is 48.2 Å². The number of nitrogens with one attached hydrogen (secondary N) is 3. The second-order valence-corrected chi connectivity index (χ2v) is 7.79. The highest BCUT2D eigenvalue weighted by molar-refractivity contribution is 7.80. The van der Waals surface area contributed by atoms with Gasteiger partial charge >= 0.3 is 0 Å². The molecule has 2 aromatic carbocycles. The van der Waals surface area contributed by atoms with Gasteiger partial charge in [-0.25, -0.2) is 0 Å². The van der Waals surface area contributed by atoms with Crippen molar-refractivity contribution in [1.29, 1.82) is 0 Å². The van der Waals surface area contributed by atoms with E-state index in [4.69, 9.17) is 12.2 Å². The van der Waals surface area contributed by atoms with E-state index in [1.807, 2.05) is 24.3 Å². The van der Waals surface area contributed by atoms with Gasteiger partial charge in [0.15, 0.2) is 5.11 Å². The summed E-state index contributed by atoms with van der Waals surface area (Å²) < 4.78 is 0. The standard InChI is InChI=1S/C21H27N3OS/c1-14-6-5-9-19(15(14)2)22-21(26)24-23-20(25)13-16-10-11-17-7-3-4-8-18(17)12-16/h3-4,7-8,10-12,14-15,19H,5-6,9,13H2,1-2H3,(H,23,25)(H2,22,24,26)/t14-,15+,19+/m0/s1. The van der Waals surface area contributed by atoms with Crippen molar-refractivity contribution in [1.82, 2.24) is 16.2 Å². The number of amides is 1. The van der Waals surface area contributed by atoms with Crippen LogP contribution in [-0.2, 0) is 11.2 Å². The van der Waals surface area contributed by atoms with Gasteiger partial charge in [-0.2, -0.15) is 0 Å².